The third kappa shape index (κ3) is 4.52. The molecule has 0 amide bonds. The van der Waals surface area contributed by atoms with Gasteiger partial charge in [0.2, 0.25) is 0 Å². The van der Waals surface area contributed by atoms with Gasteiger partial charge in [-0.05, 0) is 40.0 Å². The van der Waals surface area contributed by atoms with E-state index in [9.17, 15) is 0 Å². The SMILES string of the molecule is Cc1nc(-c2cccnc2)nc(NC(C)CN2CCN(C)CC2)c1C. The van der Waals surface area contributed by atoms with Crippen LogP contribution in [0.4, 0.5) is 5.82 Å². The van der Waals surface area contributed by atoms with Crippen LogP contribution in [0.5, 0.6) is 0 Å². The number of hydrogen-bond donors (Lipinski definition) is 1. The molecule has 6 nitrogen and oxygen atoms in total. The molecule has 0 aromatic carbocycles. The maximum absolute atomic E-state index is 4.76. The molecule has 134 valence electrons. The molecule has 3 heterocycles. The number of rotatable bonds is 5. The number of aryl methyl sites for hydroxylation is 1. The summed E-state index contributed by atoms with van der Waals surface area (Å²) in [7, 11) is 2.19. The number of aromatic nitrogens is 3. The number of piperazine rings is 1. The molecular formula is C19H28N6. The lowest BCUT2D eigenvalue weighted by Gasteiger charge is -2.34. The Morgan fingerprint density at radius 2 is 1.92 bits per heavy atom. The lowest BCUT2D eigenvalue weighted by atomic mass is 10.2. The molecule has 1 aliphatic rings. The minimum atomic E-state index is 0.332. The minimum Gasteiger partial charge on any atom is -0.366 e. The van der Waals surface area contributed by atoms with Crippen molar-refractivity contribution in [3.8, 4) is 11.4 Å². The molecule has 1 unspecified atom stereocenters. The summed E-state index contributed by atoms with van der Waals surface area (Å²) in [6, 6.07) is 4.24. The number of nitrogens with one attached hydrogen (secondary N) is 1. The molecule has 3 rings (SSSR count). The van der Waals surface area contributed by atoms with Crippen LogP contribution in [0.2, 0.25) is 0 Å². The molecule has 1 saturated heterocycles. The fourth-order valence-corrected chi connectivity index (χ4v) is 3.09. The van der Waals surface area contributed by atoms with Gasteiger partial charge in [0.1, 0.15) is 5.82 Å². The molecule has 6 heteroatoms. The first-order valence-corrected chi connectivity index (χ1v) is 8.96. The van der Waals surface area contributed by atoms with Gasteiger partial charge in [-0.15, -0.1) is 0 Å². The fraction of sp³-hybridized carbons (Fsp3) is 0.526. The van der Waals surface area contributed by atoms with Crippen molar-refractivity contribution in [2.75, 3.05) is 45.1 Å². The summed E-state index contributed by atoms with van der Waals surface area (Å²) >= 11 is 0. The van der Waals surface area contributed by atoms with Gasteiger partial charge < -0.3 is 10.2 Å². The van der Waals surface area contributed by atoms with Gasteiger partial charge >= 0.3 is 0 Å². The van der Waals surface area contributed by atoms with Gasteiger partial charge in [0.05, 0.1) is 0 Å². The molecule has 1 fully saturated rings. The molecule has 0 spiro atoms. The van der Waals surface area contributed by atoms with E-state index in [1.807, 2.05) is 25.3 Å². The maximum Gasteiger partial charge on any atom is 0.163 e. The number of hydrogen-bond acceptors (Lipinski definition) is 6. The van der Waals surface area contributed by atoms with Crippen molar-refractivity contribution in [2.24, 2.45) is 0 Å². The molecule has 1 N–H and O–H groups in total. The molecule has 0 saturated carbocycles. The molecule has 2 aromatic rings. The van der Waals surface area contributed by atoms with Crippen LogP contribution in [-0.4, -0.2) is 70.6 Å². The standard InChI is InChI=1S/C19H28N6/c1-14(13-25-10-8-24(4)9-11-25)21-18-15(2)16(3)22-19(23-18)17-6-5-7-20-12-17/h5-7,12,14H,8-11,13H2,1-4H3,(H,21,22,23). The normalized spacial score (nSPS) is 17.4. The monoisotopic (exact) mass is 340 g/mol. The van der Waals surface area contributed by atoms with E-state index in [0.29, 0.717) is 6.04 Å². The van der Waals surface area contributed by atoms with Crippen molar-refractivity contribution < 1.29 is 0 Å². The highest BCUT2D eigenvalue weighted by Crippen LogP contribution is 2.21. The Morgan fingerprint density at radius 3 is 2.60 bits per heavy atom. The number of anilines is 1. The van der Waals surface area contributed by atoms with Gasteiger partial charge in [-0.3, -0.25) is 9.88 Å². The Balaban J connectivity index is 1.72. The summed E-state index contributed by atoms with van der Waals surface area (Å²) in [5.74, 6) is 1.65. The van der Waals surface area contributed by atoms with Crippen molar-refractivity contribution >= 4 is 5.82 Å². The number of nitrogens with zero attached hydrogens (tertiary/aromatic N) is 5. The van der Waals surface area contributed by atoms with Gasteiger partial charge in [0, 0.05) is 68.0 Å². The third-order valence-corrected chi connectivity index (χ3v) is 4.82. The van der Waals surface area contributed by atoms with Crippen LogP contribution in [0.15, 0.2) is 24.5 Å². The molecule has 0 radical (unpaired) electrons. The summed E-state index contributed by atoms with van der Waals surface area (Å²) in [4.78, 5) is 18.5. The summed E-state index contributed by atoms with van der Waals surface area (Å²) in [5.41, 5.74) is 3.06. The average molecular weight is 340 g/mol. The molecule has 1 aliphatic heterocycles. The summed E-state index contributed by atoms with van der Waals surface area (Å²) in [5, 5.41) is 3.59. The van der Waals surface area contributed by atoms with E-state index >= 15 is 0 Å². The van der Waals surface area contributed by atoms with Crippen molar-refractivity contribution in [2.45, 2.75) is 26.8 Å². The summed E-state index contributed by atoms with van der Waals surface area (Å²) in [6.07, 6.45) is 3.57. The third-order valence-electron chi connectivity index (χ3n) is 4.82. The highest BCUT2D eigenvalue weighted by Gasteiger charge is 2.17. The van der Waals surface area contributed by atoms with Gasteiger partial charge in [-0.25, -0.2) is 9.97 Å². The molecule has 1 atom stereocenters. The first kappa shape index (κ1) is 17.8. The lowest BCUT2D eigenvalue weighted by Crippen LogP contribution is -2.47. The Bertz CT molecular complexity index is 695. The van der Waals surface area contributed by atoms with Gasteiger partial charge in [0.25, 0.3) is 0 Å². The van der Waals surface area contributed by atoms with Crippen molar-refractivity contribution in [1.82, 2.24) is 24.8 Å². The highest BCUT2D eigenvalue weighted by molar-refractivity contribution is 5.58. The highest BCUT2D eigenvalue weighted by atomic mass is 15.3. The molecule has 0 bridgehead atoms. The lowest BCUT2D eigenvalue weighted by molar-refractivity contribution is 0.151. The van der Waals surface area contributed by atoms with Crippen molar-refractivity contribution in [3.63, 3.8) is 0 Å². The molecular weight excluding hydrogens is 312 g/mol. The first-order valence-electron chi connectivity index (χ1n) is 8.96. The predicted molar refractivity (Wildman–Crippen MR) is 102 cm³/mol. The fourth-order valence-electron chi connectivity index (χ4n) is 3.09. The van der Waals surface area contributed by atoms with E-state index in [2.05, 4.69) is 46.0 Å². The van der Waals surface area contributed by atoms with E-state index in [0.717, 1.165) is 61.2 Å². The molecule has 0 aliphatic carbocycles. The van der Waals surface area contributed by atoms with E-state index in [-0.39, 0.29) is 0 Å². The molecule has 2 aromatic heterocycles. The first-order chi connectivity index (χ1) is 12.0. The van der Waals surface area contributed by atoms with E-state index in [1.165, 1.54) is 0 Å². The molecule has 25 heavy (non-hydrogen) atoms. The van der Waals surface area contributed by atoms with Gasteiger partial charge in [0.15, 0.2) is 5.82 Å². The van der Waals surface area contributed by atoms with Crippen LogP contribution in [0.1, 0.15) is 18.2 Å². The van der Waals surface area contributed by atoms with Gasteiger partial charge in [-0.1, -0.05) is 0 Å². The summed E-state index contributed by atoms with van der Waals surface area (Å²) in [6.45, 7) is 11.9. The van der Waals surface area contributed by atoms with Crippen molar-refractivity contribution in [3.05, 3.63) is 35.8 Å². The van der Waals surface area contributed by atoms with Crippen molar-refractivity contribution in [1.29, 1.82) is 0 Å². The van der Waals surface area contributed by atoms with Crippen LogP contribution in [0, 0.1) is 13.8 Å². The van der Waals surface area contributed by atoms with E-state index < -0.39 is 0 Å². The van der Waals surface area contributed by atoms with Crippen LogP contribution < -0.4 is 5.32 Å². The Kier molecular flexibility index (Phi) is 5.60. The van der Waals surface area contributed by atoms with Gasteiger partial charge in [-0.2, -0.15) is 0 Å². The van der Waals surface area contributed by atoms with Crippen LogP contribution in [0.3, 0.4) is 0 Å². The van der Waals surface area contributed by atoms with E-state index in [4.69, 9.17) is 4.98 Å². The topological polar surface area (TPSA) is 57.2 Å². The second-order valence-electron chi connectivity index (χ2n) is 7.00. The second kappa shape index (κ2) is 7.89. The number of likely N-dealkylation sites (N-methyl/N-ethyl adjacent to an activating group) is 1. The van der Waals surface area contributed by atoms with E-state index in [1.54, 1.807) is 6.20 Å². The Labute approximate surface area is 150 Å². The smallest absolute Gasteiger partial charge is 0.163 e. The Hall–Kier alpha value is -2.05. The zero-order valence-corrected chi connectivity index (χ0v) is 15.7. The summed E-state index contributed by atoms with van der Waals surface area (Å²) < 4.78 is 0. The zero-order valence-electron chi connectivity index (χ0n) is 15.7. The Morgan fingerprint density at radius 1 is 1.16 bits per heavy atom. The van der Waals surface area contributed by atoms with Crippen LogP contribution >= 0.6 is 0 Å². The second-order valence-corrected chi connectivity index (χ2v) is 7.00. The van der Waals surface area contributed by atoms with Crippen LogP contribution in [0.25, 0.3) is 11.4 Å². The predicted octanol–water partition coefficient (Wildman–Crippen LogP) is 2.20. The zero-order chi connectivity index (χ0) is 17.8. The number of pyridine rings is 1. The van der Waals surface area contributed by atoms with Crippen LogP contribution in [-0.2, 0) is 0 Å². The quantitative estimate of drug-likeness (QED) is 0.900. The average Bonchev–Trinajstić information content (AvgIpc) is 2.61. The largest absolute Gasteiger partial charge is 0.366 e. The maximum atomic E-state index is 4.76. The minimum absolute atomic E-state index is 0.332.